The Labute approximate surface area is 166 Å². The number of carbonyl (C=O) groups is 1. The smallest absolute Gasteiger partial charge is 0.277 e. The van der Waals surface area contributed by atoms with Crippen LogP contribution in [-0.2, 0) is 6.54 Å². The van der Waals surface area contributed by atoms with Crippen LogP contribution in [0.3, 0.4) is 0 Å². The molecule has 1 amide bonds. The van der Waals surface area contributed by atoms with Gasteiger partial charge in [0.05, 0.1) is 28.6 Å². The number of methoxy groups -OCH3 is 1. The number of hydrogen-bond donors (Lipinski definition) is 0. The van der Waals surface area contributed by atoms with Crippen molar-refractivity contribution in [2.45, 2.75) is 6.54 Å². The van der Waals surface area contributed by atoms with E-state index in [9.17, 15) is 25.0 Å². The highest BCUT2D eigenvalue weighted by atomic mass is 16.6. The van der Waals surface area contributed by atoms with Crippen molar-refractivity contribution in [3.05, 3.63) is 73.8 Å². The van der Waals surface area contributed by atoms with E-state index >= 15 is 0 Å². The van der Waals surface area contributed by atoms with Crippen molar-refractivity contribution in [3.63, 3.8) is 0 Å². The molecule has 2 aromatic carbocycles. The maximum absolute atomic E-state index is 12.7. The number of hydrogen-bond acceptors (Lipinski definition) is 7. The minimum atomic E-state index is -0.740. The molecule has 0 spiro atoms. The van der Waals surface area contributed by atoms with Crippen molar-refractivity contribution in [2.75, 3.05) is 33.3 Å². The largest absolute Gasteiger partial charge is 0.497 e. The lowest BCUT2D eigenvalue weighted by atomic mass is 10.1. The van der Waals surface area contributed by atoms with Gasteiger partial charge in [-0.25, -0.2) is 0 Å². The maximum Gasteiger partial charge on any atom is 0.277 e. The Balaban J connectivity index is 1.67. The van der Waals surface area contributed by atoms with Crippen LogP contribution in [0.1, 0.15) is 15.9 Å². The summed E-state index contributed by atoms with van der Waals surface area (Å²) in [5.41, 5.74) is 0.101. The number of benzene rings is 2. The Morgan fingerprint density at radius 2 is 1.62 bits per heavy atom. The first-order chi connectivity index (χ1) is 13.9. The number of non-ortho nitro benzene ring substituents is 2. The third-order valence-corrected chi connectivity index (χ3v) is 4.77. The summed E-state index contributed by atoms with van der Waals surface area (Å²) in [4.78, 5) is 37.1. The summed E-state index contributed by atoms with van der Waals surface area (Å²) < 4.78 is 5.23. The van der Waals surface area contributed by atoms with Gasteiger partial charge in [-0.15, -0.1) is 0 Å². The fraction of sp³-hybridized carbons (Fsp3) is 0.316. The van der Waals surface area contributed by atoms with E-state index in [4.69, 9.17) is 4.74 Å². The molecule has 1 aliphatic rings. The first-order valence-electron chi connectivity index (χ1n) is 8.96. The van der Waals surface area contributed by atoms with E-state index in [1.807, 2.05) is 24.3 Å². The second kappa shape index (κ2) is 8.65. The van der Waals surface area contributed by atoms with Crippen LogP contribution >= 0.6 is 0 Å². The molecule has 0 saturated carbocycles. The molecule has 1 heterocycles. The Kier molecular flexibility index (Phi) is 6.03. The molecule has 0 N–H and O–H groups in total. The van der Waals surface area contributed by atoms with Crippen molar-refractivity contribution in [1.82, 2.24) is 9.80 Å². The molecule has 1 fully saturated rings. The molecule has 2 aromatic rings. The van der Waals surface area contributed by atoms with Crippen molar-refractivity contribution < 1.29 is 19.4 Å². The average molecular weight is 400 g/mol. The monoisotopic (exact) mass is 400 g/mol. The lowest BCUT2D eigenvalue weighted by molar-refractivity contribution is -0.394. The van der Waals surface area contributed by atoms with Gasteiger partial charge in [-0.1, -0.05) is 12.1 Å². The number of piperazine rings is 1. The van der Waals surface area contributed by atoms with Gasteiger partial charge in [-0.3, -0.25) is 29.9 Å². The lowest BCUT2D eigenvalue weighted by Gasteiger charge is -2.34. The van der Waals surface area contributed by atoms with Crippen molar-refractivity contribution in [3.8, 4) is 5.75 Å². The topological polar surface area (TPSA) is 119 Å². The number of rotatable bonds is 6. The first kappa shape index (κ1) is 20.2. The Morgan fingerprint density at radius 3 is 2.17 bits per heavy atom. The third-order valence-electron chi connectivity index (χ3n) is 4.77. The van der Waals surface area contributed by atoms with E-state index in [1.54, 1.807) is 12.0 Å². The molecule has 0 aliphatic carbocycles. The van der Waals surface area contributed by atoms with Crippen LogP contribution in [0.15, 0.2) is 42.5 Å². The normalized spacial score (nSPS) is 14.4. The van der Waals surface area contributed by atoms with Crippen LogP contribution in [0.4, 0.5) is 11.4 Å². The molecule has 1 aliphatic heterocycles. The molecule has 0 unspecified atom stereocenters. The van der Waals surface area contributed by atoms with Crippen LogP contribution < -0.4 is 4.74 Å². The number of nitrogens with zero attached hydrogens (tertiary/aromatic N) is 4. The van der Waals surface area contributed by atoms with Gasteiger partial charge in [0.1, 0.15) is 5.75 Å². The molecule has 10 heteroatoms. The quantitative estimate of drug-likeness (QED) is 0.540. The SMILES string of the molecule is COc1cccc(CN2CCN(C(=O)c3cc([N+](=O)[O-])cc([N+](=O)[O-])c3)CC2)c1. The van der Waals surface area contributed by atoms with Gasteiger partial charge >= 0.3 is 0 Å². The highest BCUT2D eigenvalue weighted by Gasteiger charge is 2.26. The van der Waals surface area contributed by atoms with Gasteiger partial charge in [-0.05, 0) is 17.7 Å². The van der Waals surface area contributed by atoms with E-state index < -0.39 is 27.1 Å². The van der Waals surface area contributed by atoms with Gasteiger partial charge in [0.2, 0.25) is 0 Å². The van der Waals surface area contributed by atoms with Gasteiger partial charge in [0.25, 0.3) is 17.3 Å². The van der Waals surface area contributed by atoms with E-state index in [0.29, 0.717) is 32.7 Å². The summed E-state index contributed by atoms with van der Waals surface area (Å²) in [5, 5.41) is 22.1. The molecule has 0 radical (unpaired) electrons. The van der Waals surface area contributed by atoms with E-state index in [0.717, 1.165) is 29.5 Å². The van der Waals surface area contributed by atoms with Crippen LogP contribution in [0.2, 0.25) is 0 Å². The van der Waals surface area contributed by atoms with Crippen molar-refractivity contribution >= 4 is 17.3 Å². The molecule has 10 nitrogen and oxygen atoms in total. The minimum Gasteiger partial charge on any atom is -0.497 e. The second-order valence-corrected chi connectivity index (χ2v) is 6.67. The Hall–Kier alpha value is -3.53. The van der Waals surface area contributed by atoms with Gasteiger partial charge in [0, 0.05) is 44.9 Å². The number of nitro groups is 2. The zero-order valence-corrected chi connectivity index (χ0v) is 15.8. The zero-order chi connectivity index (χ0) is 21.0. The molecule has 0 atom stereocenters. The van der Waals surface area contributed by atoms with E-state index in [2.05, 4.69) is 4.90 Å². The predicted octanol–water partition coefficient (Wildman–Crippen LogP) is 2.47. The van der Waals surface area contributed by atoms with Crippen molar-refractivity contribution in [2.24, 2.45) is 0 Å². The number of nitro benzene ring substituents is 2. The molecule has 152 valence electrons. The molecule has 3 rings (SSSR count). The highest BCUT2D eigenvalue weighted by Crippen LogP contribution is 2.24. The van der Waals surface area contributed by atoms with Gasteiger partial charge in [-0.2, -0.15) is 0 Å². The summed E-state index contributed by atoms with van der Waals surface area (Å²) in [7, 11) is 1.61. The summed E-state index contributed by atoms with van der Waals surface area (Å²) >= 11 is 0. The zero-order valence-electron chi connectivity index (χ0n) is 15.8. The van der Waals surface area contributed by atoms with E-state index in [1.165, 1.54) is 0 Å². The average Bonchev–Trinajstić information content (AvgIpc) is 2.73. The molecule has 29 heavy (non-hydrogen) atoms. The molecular formula is C19H20N4O6. The first-order valence-corrected chi connectivity index (χ1v) is 8.96. The van der Waals surface area contributed by atoms with Crippen molar-refractivity contribution in [1.29, 1.82) is 0 Å². The minimum absolute atomic E-state index is 0.0489. The maximum atomic E-state index is 12.7. The molecular weight excluding hydrogens is 380 g/mol. The highest BCUT2D eigenvalue weighted by molar-refractivity contribution is 5.95. The second-order valence-electron chi connectivity index (χ2n) is 6.67. The van der Waals surface area contributed by atoms with Crippen LogP contribution in [0, 0.1) is 20.2 Å². The number of amides is 1. The molecule has 0 bridgehead atoms. The molecule has 0 aromatic heterocycles. The molecule has 1 saturated heterocycles. The van der Waals surface area contributed by atoms with Crippen LogP contribution in [-0.4, -0.2) is 58.8 Å². The number of carbonyl (C=O) groups excluding carboxylic acids is 1. The summed E-state index contributed by atoms with van der Waals surface area (Å²) in [6.45, 7) is 2.82. The summed E-state index contributed by atoms with van der Waals surface area (Å²) in [6.07, 6.45) is 0. The number of ether oxygens (including phenoxy) is 1. The Bertz CT molecular complexity index is 908. The predicted molar refractivity (Wildman–Crippen MR) is 104 cm³/mol. The fourth-order valence-electron chi connectivity index (χ4n) is 3.25. The van der Waals surface area contributed by atoms with Gasteiger partial charge in [0.15, 0.2) is 0 Å². The fourth-order valence-corrected chi connectivity index (χ4v) is 3.25. The lowest BCUT2D eigenvalue weighted by Crippen LogP contribution is -2.48. The van der Waals surface area contributed by atoms with Gasteiger partial charge < -0.3 is 9.64 Å². The third kappa shape index (κ3) is 4.85. The standard InChI is InChI=1S/C19H20N4O6/c1-29-18-4-2-3-14(9-18)13-20-5-7-21(8-6-20)19(24)15-10-16(22(25)26)12-17(11-15)23(27)28/h2-4,9-12H,5-8,13H2,1H3. The summed E-state index contributed by atoms with van der Waals surface area (Å²) in [5.74, 6) is 0.335. The van der Waals surface area contributed by atoms with E-state index in [-0.39, 0.29) is 5.56 Å². The van der Waals surface area contributed by atoms with Crippen LogP contribution in [0.5, 0.6) is 5.75 Å². The Morgan fingerprint density at radius 1 is 1.00 bits per heavy atom. The van der Waals surface area contributed by atoms with Crippen LogP contribution in [0.25, 0.3) is 0 Å². The summed E-state index contributed by atoms with van der Waals surface area (Å²) in [6, 6.07) is 10.8.